The SMILES string of the molecule is COC(=O)Oc1cnc(Oc2ccc(Cl)c(C(C)C(O)(c3ccnc(Cl)c3)C(F)(F)F)c2)nc1. The Kier molecular flexibility index (Phi) is 7.49. The highest BCUT2D eigenvalue weighted by Crippen LogP contribution is 2.50. The summed E-state index contributed by atoms with van der Waals surface area (Å²) in [7, 11) is 1.13. The van der Waals surface area contributed by atoms with Crippen molar-refractivity contribution in [1.82, 2.24) is 15.0 Å². The minimum absolute atomic E-state index is 0.0177. The van der Waals surface area contributed by atoms with Gasteiger partial charge in [-0.3, -0.25) is 0 Å². The number of hydrogen-bond donors (Lipinski definition) is 1. The van der Waals surface area contributed by atoms with Crippen molar-refractivity contribution >= 4 is 29.4 Å². The standard InChI is InChI=1S/C21H16Cl2F3N3O5/c1-11(20(31,21(24,25)26)12-5-6-27-17(23)7-12)15-8-13(3-4-16(15)22)33-18-28-9-14(10-29-18)34-19(30)32-2/h3-11,31H,1-2H3. The Morgan fingerprint density at radius 3 is 2.32 bits per heavy atom. The lowest BCUT2D eigenvalue weighted by Gasteiger charge is -2.37. The van der Waals surface area contributed by atoms with Gasteiger partial charge in [0.2, 0.25) is 0 Å². The largest absolute Gasteiger partial charge is 0.513 e. The molecule has 0 bridgehead atoms. The van der Waals surface area contributed by atoms with E-state index in [0.717, 1.165) is 37.8 Å². The van der Waals surface area contributed by atoms with Crippen molar-refractivity contribution in [2.24, 2.45) is 0 Å². The van der Waals surface area contributed by atoms with Gasteiger partial charge in [0.05, 0.1) is 19.5 Å². The summed E-state index contributed by atoms with van der Waals surface area (Å²) in [5.41, 5.74) is -3.90. The zero-order valence-corrected chi connectivity index (χ0v) is 19.0. The van der Waals surface area contributed by atoms with Gasteiger partial charge in [0.25, 0.3) is 0 Å². The Morgan fingerprint density at radius 2 is 1.74 bits per heavy atom. The fourth-order valence-corrected chi connectivity index (χ4v) is 3.55. The molecule has 34 heavy (non-hydrogen) atoms. The van der Waals surface area contributed by atoms with Crippen molar-refractivity contribution in [3.63, 3.8) is 0 Å². The minimum Gasteiger partial charge on any atom is -0.437 e. The molecule has 0 saturated heterocycles. The van der Waals surface area contributed by atoms with Gasteiger partial charge in [0.15, 0.2) is 11.4 Å². The smallest absolute Gasteiger partial charge is 0.437 e. The molecule has 1 N–H and O–H groups in total. The number of hydrogen-bond acceptors (Lipinski definition) is 8. The van der Waals surface area contributed by atoms with Crippen molar-refractivity contribution in [2.45, 2.75) is 24.6 Å². The number of rotatable bonds is 6. The van der Waals surface area contributed by atoms with Crippen molar-refractivity contribution in [2.75, 3.05) is 7.11 Å². The molecule has 2 aromatic heterocycles. The van der Waals surface area contributed by atoms with Crippen LogP contribution in [0.15, 0.2) is 48.9 Å². The van der Waals surface area contributed by atoms with E-state index in [0.29, 0.717) is 0 Å². The highest BCUT2D eigenvalue weighted by Gasteiger charge is 2.59. The summed E-state index contributed by atoms with van der Waals surface area (Å²) in [6.45, 7) is 1.17. The van der Waals surface area contributed by atoms with Crippen molar-refractivity contribution in [1.29, 1.82) is 0 Å². The van der Waals surface area contributed by atoms with Crippen molar-refractivity contribution in [3.8, 4) is 17.5 Å². The molecule has 0 saturated carbocycles. The fourth-order valence-electron chi connectivity index (χ4n) is 3.09. The number of halogens is 5. The normalized spacial score (nSPS) is 14.1. The van der Waals surface area contributed by atoms with Gasteiger partial charge >= 0.3 is 18.3 Å². The van der Waals surface area contributed by atoms with Crippen LogP contribution in [0.5, 0.6) is 17.5 Å². The van der Waals surface area contributed by atoms with E-state index >= 15 is 0 Å². The Morgan fingerprint density at radius 1 is 1.06 bits per heavy atom. The molecule has 0 fully saturated rings. The molecule has 3 aromatic rings. The second-order valence-corrected chi connectivity index (χ2v) is 7.69. The molecule has 0 aliphatic rings. The van der Waals surface area contributed by atoms with E-state index in [1.54, 1.807) is 0 Å². The zero-order valence-electron chi connectivity index (χ0n) is 17.5. The number of benzene rings is 1. The molecule has 13 heteroatoms. The van der Waals surface area contributed by atoms with Crippen LogP contribution >= 0.6 is 23.2 Å². The molecular formula is C21H16Cl2F3N3O5. The van der Waals surface area contributed by atoms with Gasteiger partial charge in [-0.05, 0) is 41.5 Å². The second kappa shape index (κ2) is 10.00. The van der Waals surface area contributed by atoms with E-state index in [9.17, 15) is 23.1 Å². The number of carbonyl (C=O) groups is 1. The van der Waals surface area contributed by atoms with Crippen LogP contribution in [-0.4, -0.2) is 39.5 Å². The molecule has 8 nitrogen and oxygen atoms in total. The molecule has 2 unspecified atom stereocenters. The Balaban J connectivity index is 1.93. The predicted molar refractivity (Wildman–Crippen MR) is 114 cm³/mol. The Hall–Kier alpha value is -3.15. The topological polar surface area (TPSA) is 104 Å². The van der Waals surface area contributed by atoms with Crippen LogP contribution in [0.4, 0.5) is 18.0 Å². The highest BCUT2D eigenvalue weighted by molar-refractivity contribution is 6.31. The van der Waals surface area contributed by atoms with Crippen LogP contribution < -0.4 is 9.47 Å². The molecule has 2 atom stereocenters. The van der Waals surface area contributed by atoms with Crippen LogP contribution in [-0.2, 0) is 10.3 Å². The number of aromatic nitrogens is 3. The first-order valence-corrected chi connectivity index (χ1v) is 10.2. The third-order valence-corrected chi connectivity index (χ3v) is 5.39. The Bertz CT molecular complexity index is 1180. The lowest BCUT2D eigenvalue weighted by atomic mass is 9.78. The number of carbonyl (C=O) groups excluding carboxylic acids is 1. The third-order valence-electron chi connectivity index (χ3n) is 4.84. The number of methoxy groups -OCH3 is 1. The van der Waals surface area contributed by atoms with E-state index < -0.39 is 29.4 Å². The summed E-state index contributed by atoms with van der Waals surface area (Å²) in [4.78, 5) is 22.5. The molecule has 1 aromatic carbocycles. The molecule has 3 rings (SSSR count). The predicted octanol–water partition coefficient (Wildman–Crippen LogP) is 5.67. The average molecular weight is 518 g/mol. The van der Waals surface area contributed by atoms with Gasteiger partial charge in [0, 0.05) is 17.1 Å². The van der Waals surface area contributed by atoms with Gasteiger partial charge in [0.1, 0.15) is 10.9 Å². The number of nitrogens with zero attached hydrogens (tertiary/aromatic N) is 3. The summed E-state index contributed by atoms with van der Waals surface area (Å²) in [5, 5.41) is 10.7. The average Bonchev–Trinajstić information content (AvgIpc) is 2.79. The van der Waals surface area contributed by atoms with Gasteiger partial charge in [-0.15, -0.1) is 0 Å². The molecule has 0 aliphatic heterocycles. The number of ether oxygens (including phenoxy) is 3. The fraction of sp³-hybridized carbons (Fsp3) is 0.238. The lowest BCUT2D eigenvalue weighted by molar-refractivity contribution is -0.274. The first-order valence-electron chi connectivity index (χ1n) is 9.42. The van der Waals surface area contributed by atoms with Crippen LogP contribution in [0.25, 0.3) is 0 Å². The highest BCUT2D eigenvalue weighted by atomic mass is 35.5. The third kappa shape index (κ3) is 5.32. The lowest BCUT2D eigenvalue weighted by Crippen LogP contribution is -2.46. The minimum atomic E-state index is -5.09. The van der Waals surface area contributed by atoms with Crippen LogP contribution in [0.3, 0.4) is 0 Å². The number of alkyl halides is 3. The summed E-state index contributed by atoms with van der Waals surface area (Å²) >= 11 is 11.9. The van der Waals surface area contributed by atoms with E-state index in [1.165, 1.54) is 25.1 Å². The number of pyridine rings is 1. The van der Waals surface area contributed by atoms with Crippen molar-refractivity contribution < 1.29 is 37.3 Å². The molecule has 180 valence electrons. The quantitative estimate of drug-likeness (QED) is 0.329. The van der Waals surface area contributed by atoms with E-state index in [1.807, 2.05) is 0 Å². The maximum atomic E-state index is 14.1. The van der Waals surface area contributed by atoms with Gasteiger partial charge in [-0.25, -0.2) is 9.78 Å². The van der Waals surface area contributed by atoms with Gasteiger partial charge < -0.3 is 19.3 Å². The van der Waals surface area contributed by atoms with Gasteiger partial charge in [-0.2, -0.15) is 23.1 Å². The summed E-state index contributed by atoms with van der Waals surface area (Å²) < 4.78 is 57.0. The van der Waals surface area contributed by atoms with E-state index in [2.05, 4.69) is 19.7 Å². The van der Waals surface area contributed by atoms with Crippen LogP contribution in [0, 0.1) is 0 Å². The molecule has 0 amide bonds. The molecule has 0 aliphatic carbocycles. The maximum absolute atomic E-state index is 14.1. The number of aliphatic hydroxyl groups is 1. The summed E-state index contributed by atoms with van der Waals surface area (Å²) in [6, 6.07) is 5.70. The first-order chi connectivity index (χ1) is 16.0. The zero-order chi connectivity index (χ0) is 25.1. The molecule has 0 radical (unpaired) electrons. The summed E-state index contributed by atoms with van der Waals surface area (Å²) in [6.07, 6.45) is -2.73. The second-order valence-electron chi connectivity index (χ2n) is 6.90. The summed E-state index contributed by atoms with van der Waals surface area (Å²) in [5.74, 6) is -1.56. The Labute approximate surface area is 201 Å². The monoisotopic (exact) mass is 517 g/mol. The van der Waals surface area contributed by atoms with Crippen LogP contribution in [0.1, 0.15) is 24.0 Å². The molecule has 0 spiro atoms. The molecule has 2 heterocycles. The van der Waals surface area contributed by atoms with Gasteiger partial charge in [-0.1, -0.05) is 30.1 Å². The van der Waals surface area contributed by atoms with Crippen LogP contribution in [0.2, 0.25) is 10.2 Å². The first kappa shape index (κ1) is 25.5. The maximum Gasteiger partial charge on any atom is 0.513 e. The van der Waals surface area contributed by atoms with E-state index in [4.69, 9.17) is 32.7 Å². The van der Waals surface area contributed by atoms with E-state index in [-0.39, 0.29) is 33.2 Å². The molecular weight excluding hydrogens is 502 g/mol. The van der Waals surface area contributed by atoms with Crippen molar-refractivity contribution in [3.05, 3.63) is 70.2 Å².